The molecule has 1 aliphatic rings. The van der Waals surface area contributed by atoms with Gasteiger partial charge in [-0.1, -0.05) is 23.6 Å². The maximum Gasteiger partial charge on any atom is 0.289 e. The Morgan fingerprint density at radius 1 is 0.944 bits per heavy atom. The van der Waals surface area contributed by atoms with Crippen LogP contribution in [0.3, 0.4) is 0 Å². The van der Waals surface area contributed by atoms with E-state index in [-0.39, 0.29) is 54.3 Å². The van der Waals surface area contributed by atoms with Gasteiger partial charge in [0, 0.05) is 23.4 Å². The lowest BCUT2D eigenvalue weighted by molar-refractivity contribution is 0.00365. The van der Waals surface area contributed by atoms with Gasteiger partial charge >= 0.3 is 0 Å². The van der Waals surface area contributed by atoms with Crippen molar-refractivity contribution in [1.29, 1.82) is 0 Å². The Bertz CT molecular complexity index is 2520. The Labute approximate surface area is 314 Å². The van der Waals surface area contributed by atoms with Crippen LogP contribution in [-0.2, 0) is 49.1 Å². The summed E-state index contributed by atoms with van der Waals surface area (Å²) in [7, 11) is -13.2. The Morgan fingerprint density at radius 3 is 2.06 bits per heavy atom. The Morgan fingerprint density at radius 2 is 1.52 bits per heavy atom. The van der Waals surface area contributed by atoms with Gasteiger partial charge in [-0.2, -0.15) is 0 Å². The monoisotopic (exact) mass is 835 g/mol. The highest BCUT2D eigenvalue weighted by Crippen LogP contribution is 2.46. The number of hydrogen-bond donors (Lipinski definition) is 1. The van der Waals surface area contributed by atoms with Crippen molar-refractivity contribution in [3.05, 3.63) is 75.1 Å². The number of nitrogens with zero attached hydrogens (tertiary/aromatic N) is 4. The summed E-state index contributed by atoms with van der Waals surface area (Å²) >= 11 is 6.53. The van der Waals surface area contributed by atoms with E-state index in [2.05, 4.69) is 16.9 Å². The van der Waals surface area contributed by atoms with Gasteiger partial charge in [0.15, 0.2) is 15.7 Å². The van der Waals surface area contributed by atoms with Crippen LogP contribution in [0.25, 0.3) is 22.0 Å². The Kier molecular flexibility index (Phi) is 11.2. The molecule has 2 aromatic carbocycles. The van der Waals surface area contributed by atoms with Gasteiger partial charge in [0.1, 0.15) is 22.1 Å². The largest absolute Gasteiger partial charge is 0.322 e. The average Bonchev–Trinajstić information content (AvgIpc) is 3.41. The fourth-order valence-corrected chi connectivity index (χ4v) is 9.61. The number of alkyl halides is 3. The molecule has 1 aliphatic carbocycles. The van der Waals surface area contributed by atoms with E-state index in [1.807, 2.05) is 0 Å². The number of halogens is 6. The number of aromatic nitrogens is 3. The van der Waals surface area contributed by atoms with Gasteiger partial charge in [0.05, 0.1) is 40.2 Å². The maximum atomic E-state index is 15.6. The third-order valence-corrected chi connectivity index (χ3v) is 14.4. The molecule has 2 heterocycles. The van der Waals surface area contributed by atoms with E-state index in [1.165, 1.54) is 26.0 Å². The number of hydrogen-bond acceptors (Lipinski definition) is 9. The number of rotatable bonds is 10. The minimum absolute atomic E-state index is 0.0322. The topological polar surface area (TPSA) is 162 Å². The molecular weight excluding hydrogens is 801 g/mol. The molecule has 0 aliphatic heterocycles. The summed E-state index contributed by atoms with van der Waals surface area (Å²) in [5, 5.41) is 2.91. The lowest BCUT2D eigenvalue weighted by atomic mass is 9.82. The molecule has 2 N–H and O–H groups in total. The molecule has 20 heteroatoms. The van der Waals surface area contributed by atoms with Gasteiger partial charge in [-0.25, -0.2) is 56.9 Å². The summed E-state index contributed by atoms with van der Waals surface area (Å²) < 4.78 is 148. The predicted octanol–water partition coefficient (Wildman–Crippen LogP) is 5.78. The van der Waals surface area contributed by atoms with Gasteiger partial charge in [0.2, 0.25) is 20.0 Å². The van der Waals surface area contributed by atoms with E-state index in [9.17, 15) is 42.8 Å². The highest BCUT2D eigenvalue weighted by molar-refractivity contribution is 8.09. The number of sulfonamides is 2. The fraction of sp³-hybridized carbons (Fsp3) is 0.412. The van der Waals surface area contributed by atoms with E-state index < -0.39 is 81.7 Å². The molecule has 54 heavy (non-hydrogen) atoms. The summed E-state index contributed by atoms with van der Waals surface area (Å²) in [5.41, 5.74) is 7.44. The highest BCUT2D eigenvalue weighted by Gasteiger charge is 2.38. The summed E-state index contributed by atoms with van der Waals surface area (Å²) in [6.07, 6.45) is -3.37. The zero-order valence-electron chi connectivity index (χ0n) is 29.5. The molecule has 0 spiro atoms. The molecule has 2 atom stereocenters. The first-order chi connectivity index (χ1) is 24.8. The molecule has 0 saturated carbocycles. The zero-order valence-corrected chi connectivity index (χ0v) is 32.7. The van der Waals surface area contributed by atoms with Crippen LogP contribution < -0.4 is 9.44 Å². The summed E-state index contributed by atoms with van der Waals surface area (Å²) in [5.74, 6) is 2.84. The van der Waals surface area contributed by atoms with Crippen molar-refractivity contribution < 1.29 is 47.2 Å². The van der Waals surface area contributed by atoms with Crippen LogP contribution >= 0.6 is 11.6 Å². The molecule has 11 nitrogen and oxygen atoms in total. The normalized spacial score (nSPS) is 15.1. The number of pyridine rings is 1. The minimum atomic E-state index is -4.76. The smallest absolute Gasteiger partial charge is 0.289 e. The van der Waals surface area contributed by atoms with Crippen molar-refractivity contribution in [2.75, 3.05) is 22.5 Å². The van der Waals surface area contributed by atoms with Gasteiger partial charge in [-0.05, 0) is 86.8 Å². The quantitative estimate of drug-likeness (QED) is 0.154. The molecule has 292 valence electrons. The first-order valence-electron chi connectivity index (χ1n) is 16.2. The van der Waals surface area contributed by atoms with Crippen LogP contribution in [0, 0.1) is 23.5 Å². The first kappa shape index (κ1) is 41.3. The number of benzene rings is 2. The fourth-order valence-electron chi connectivity index (χ4n) is 6.29. The Hall–Kier alpha value is -3.83. The Balaban J connectivity index is 1.96. The third-order valence-electron chi connectivity index (χ3n) is 8.95. The standard InChI is InChI=1S/C34H35ClF5N5O6S3/c1-34(2,52(3,46)47)13-12-26-21-8-6-7-9-22(21)27(29(42-26)25(41)16-18-14-19(36)17-20(37)15-18)23-10-11-24(35)28-30(23)44(32(40)31(38)39)43-33(28)45(53(4,48)49)54(5,50)51/h10-11,14-15,17,25,31-32H,6-9,16,41H2,1-5H3/t25-,32?/m0/s1. The molecule has 5 rings (SSSR count). The van der Waals surface area contributed by atoms with Crippen LogP contribution in [0.4, 0.5) is 27.8 Å². The SMILES string of the molecule is CC(C)(C#Cc1nc([C@@H](N)Cc2cc(F)cc(F)c2)c(-c2ccc(Cl)c3c(N(S(C)(=O)=O)S(C)(=O)=O)nn(C(F)C(F)F)c23)c2c1CCCC2)S(C)(=O)=O. The van der Waals surface area contributed by atoms with E-state index in [4.69, 9.17) is 22.3 Å². The minimum Gasteiger partial charge on any atom is -0.322 e. The molecule has 0 radical (unpaired) electrons. The average molecular weight is 836 g/mol. The first-order valence-corrected chi connectivity index (χ1v) is 22.1. The molecular formula is C34H35ClF5N5O6S3. The number of sulfone groups is 1. The van der Waals surface area contributed by atoms with E-state index in [0.29, 0.717) is 49.0 Å². The lowest BCUT2D eigenvalue weighted by Gasteiger charge is -2.27. The summed E-state index contributed by atoms with van der Waals surface area (Å²) in [4.78, 5) is 4.76. The van der Waals surface area contributed by atoms with Crippen LogP contribution in [-0.4, -0.2) is 70.0 Å². The van der Waals surface area contributed by atoms with Crippen molar-refractivity contribution in [2.24, 2.45) is 5.73 Å². The summed E-state index contributed by atoms with van der Waals surface area (Å²) in [6.45, 7) is 2.80. The second kappa shape index (κ2) is 14.7. The summed E-state index contributed by atoms with van der Waals surface area (Å²) in [6, 6.07) is 4.02. The van der Waals surface area contributed by atoms with Crippen molar-refractivity contribution in [2.45, 2.75) is 69.5 Å². The zero-order chi connectivity index (χ0) is 40.3. The van der Waals surface area contributed by atoms with Gasteiger partial charge in [-0.15, -0.1) is 8.81 Å². The van der Waals surface area contributed by atoms with Crippen LogP contribution in [0.1, 0.15) is 67.1 Å². The molecule has 4 aromatic rings. The van der Waals surface area contributed by atoms with Crippen LogP contribution in [0.2, 0.25) is 5.02 Å². The van der Waals surface area contributed by atoms with Crippen molar-refractivity contribution in [3.8, 4) is 23.0 Å². The third kappa shape index (κ3) is 8.08. The van der Waals surface area contributed by atoms with Gasteiger partial charge in [0.25, 0.3) is 12.7 Å². The van der Waals surface area contributed by atoms with E-state index in [0.717, 1.165) is 18.4 Å². The number of nitrogens with two attached hydrogens (primary N) is 1. The lowest BCUT2D eigenvalue weighted by Crippen LogP contribution is -2.35. The van der Waals surface area contributed by atoms with Gasteiger partial charge in [-0.3, -0.25) is 0 Å². The van der Waals surface area contributed by atoms with E-state index >= 15 is 4.39 Å². The predicted molar refractivity (Wildman–Crippen MR) is 196 cm³/mol. The molecule has 0 amide bonds. The van der Waals surface area contributed by atoms with Crippen LogP contribution in [0.15, 0.2) is 30.3 Å². The molecule has 2 aromatic heterocycles. The molecule has 0 saturated heterocycles. The molecule has 0 fully saturated rings. The second-order valence-corrected chi connectivity index (χ2v) is 20.4. The van der Waals surface area contributed by atoms with Crippen molar-refractivity contribution >= 4 is 58.2 Å². The number of fused-ring (bicyclic) bond motifs is 2. The molecule has 1 unspecified atom stereocenters. The van der Waals surface area contributed by atoms with Crippen molar-refractivity contribution in [1.82, 2.24) is 14.8 Å². The maximum absolute atomic E-state index is 15.6. The van der Waals surface area contributed by atoms with E-state index in [1.54, 1.807) is 0 Å². The molecule has 0 bridgehead atoms. The number of anilines is 1. The van der Waals surface area contributed by atoms with Crippen LogP contribution in [0.5, 0.6) is 0 Å². The highest BCUT2D eigenvalue weighted by atomic mass is 35.5. The van der Waals surface area contributed by atoms with Gasteiger partial charge < -0.3 is 5.73 Å². The second-order valence-electron chi connectivity index (χ2n) is 13.5. The van der Waals surface area contributed by atoms with Crippen molar-refractivity contribution in [3.63, 3.8) is 0 Å².